The van der Waals surface area contributed by atoms with Gasteiger partial charge in [-0.2, -0.15) is 0 Å². The van der Waals surface area contributed by atoms with Crippen molar-refractivity contribution in [2.24, 2.45) is 0 Å². The van der Waals surface area contributed by atoms with Crippen LogP contribution in [0.2, 0.25) is 0 Å². The van der Waals surface area contributed by atoms with Crippen molar-refractivity contribution in [3.05, 3.63) is 67.2 Å². The third-order valence-electron chi connectivity index (χ3n) is 3.54. The van der Waals surface area contributed by atoms with E-state index in [1.807, 2.05) is 43.0 Å². The SMILES string of the molecule is S=C(Nc1ccco1)N(CCCn1ccnc1)Cc1cccnc1. The van der Waals surface area contributed by atoms with Crippen LogP contribution in [-0.4, -0.2) is 31.1 Å². The second-order valence-corrected chi connectivity index (χ2v) is 5.73. The fraction of sp³-hybridized carbons (Fsp3) is 0.235. The Hall–Kier alpha value is -2.67. The maximum Gasteiger partial charge on any atom is 0.198 e. The van der Waals surface area contributed by atoms with Crippen LogP contribution in [-0.2, 0) is 13.1 Å². The fourth-order valence-corrected chi connectivity index (χ4v) is 2.62. The molecule has 0 aliphatic rings. The molecule has 0 fully saturated rings. The monoisotopic (exact) mass is 341 g/mol. The molecule has 0 unspecified atom stereocenters. The van der Waals surface area contributed by atoms with Crippen LogP contribution in [0.1, 0.15) is 12.0 Å². The summed E-state index contributed by atoms with van der Waals surface area (Å²) in [6, 6.07) is 7.66. The topological polar surface area (TPSA) is 59.1 Å². The summed E-state index contributed by atoms with van der Waals surface area (Å²) in [4.78, 5) is 10.4. The third kappa shape index (κ3) is 4.66. The summed E-state index contributed by atoms with van der Waals surface area (Å²) >= 11 is 5.55. The Bertz CT molecular complexity index is 728. The number of hydrogen-bond acceptors (Lipinski definition) is 4. The zero-order valence-corrected chi connectivity index (χ0v) is 14.0. The molecule has 6 nitrogen and oxygen atoms in total. The normalized spacial score (nSPS) is 10.5. The molecule has 7 heteroatoms. The largest absolute Gasteiger partial charge is 0.449 e. The number of aryl methyl sites for hydroxylation is 1. The minimum atomic E-state index is 0.638. The lowest BCUT2D eigenvalue weighted by Crippen LogP contribution is -2.35. The standard InChI is InChI=1S/C17H19N5OS/c24-17(20-16-5-2-11-23-16)22(13-15-4-1-6-18-12-15)9-3-8-21-10-7-19-14-21/h1-2,4-7,10-12,14H,3,8-9,13H2,(H,20,24). The number of rotatable bonds is 7. The van der Waals surface area contributed by atoms with E-state index in [9.17, 15) is 0 Å². The molecule has 0 saturated heterocycles. The van der Waals surface area contributed by atoms with E-state index >= 15 is 0 Å². The molecule has 0 spiro atoms. The number of nitrogens with zero attached hydrogens (tertiary/aromatic N) is 4. The summed E-state index contributed by atoms with van der Waals surface area (Å²) in [5, 5.41) is 3.78. The second-order valence-electron chi connectivity index (χ2n) is 5.34. The molecule has 0 aromatic carbocycles. The maximum absolute atomic E-state index is 5.55. The van der Waals surface area contributed by atoms with Crippen molar-refractivity contribution in [3.8, 4) is 0 Å². The Morgan fingerprint density at radius 1 is 1.25 bits per heavy atom. The number of thiocarbonyl (C=S) groups is 1. The van der Waals surface area contributed by atoms with Crippen molar-refractivity contribution in [2.75, 3.05) is 11.9 Å². The van der Waals surface area contributed by atoms with Gasteiger partial charge in [0.1, 0.15) is 0 Å². The number of nitrogens with one attached hydrogen (secondary N) is 1. The van der Waals surface area contributed by atoms with Crippen molar-refractivity contribution < 1.29 is 4.42 Å². The van der Waals surface area contributed by atoms with Crippen LogP contribution in [0.4, 0.5) is 5.88 Å². The van der Waals surface area contributed by atoms with Crippen LogP contribution in [0.5, 0.6) is 0 Å². The Kier molecular flexibility index (Phi) is 5.57. The average molecular weight is 341 g/mol. The molecule has 3 aromatic heterocycles. The van der Waals surface area contributed by atoms with Crippen molar-refractivity contribution in [2.45, 2.75) is 19.5 Å². The lowest BCUT2D eigenvalue weighted by atomic mass is 10.2. The van der Waals surface area contributed by atoms with Crippen LogP contribution in [0.25, 0.3) is 0 Å². The van der Waals surface area contributed by atoms with Crippen LogP contribution in [0.3, 0.4) is 0 Å². The molecule has 0 radical (unpaired) electrons. The van der Waals surface area contributed by atoms with Crippen LogP contribution < -0.4 is 5.32 Å². The van der Waals surface area contributed by atoms with E-state index in [4.69, 9.17) is 16.6 Å². The summed E-state index contributed by atoms with van der Waals surface area (Å²) in [5.41, 5.74) is 1.11. The molecule has 3 aromatic rings. The number of imidazole rings is 1. The zero-order chi connectivity index (χ0) is 16.6. The molecule has 124 valence electrons. The highest BCUT2D eigenvalue weighted by Gasteiger charge is 2.12. The summed E-state index contributed by atoms with van der Waals surface area (Å²) < 4.78 is 7.38. The predicted molar refractivity (Wildman–Crippen MR) is 96.4 cm³/mol. The van der Waals surface area contributed by atoms with E-state index in [1.54, 1.807) is 18.7 Å². The van der Waals surface area contributed by atoms with E-state index in [0.717, 1.165) is 25.1 Å². The van der Waals surface area contributed by atoms with E-state index in [1.165, 1.54) is 0 Å². The zero-order valence-electron chi connectivity index (χ0n) is 13.2. The maximum atomic E-state index is 5.55. The quantitative estimate of drug-likeness (QED) is 0.666. The molecular weight excluding hydrogens is 322 g/mol. The first-order valence-electron chi connectivity index (χ1n) is 7.75. The fourth-order valence-electron chi connectivity index (χ4n) is 2.36. The van der Waals surface area contributed by atoms with Gasteiger partial charge in [0.25, 0.3) is 0 Å². The van der Waals surface area contributed by atoms with E-state index in [0.29, 0.717) is 17.5 Å². The predicted octanol–water partition coefficient (Wildman–Crippen LogP) is 3.16. The van der Waals surface area contributed by atoms with Gasteiger partial charge in [0.2, 0.25) is 0 Å². The Morgan fingerprint density at radius 3 is 2.92 bits per heavy atom. The van der Waals surface area contributed by atoms with E-state index < -0.39 is 0 Å². The molecule has 24 heavy (non-hydrogen) atoms. The molecular formula is C17H19N5OS. The first-order valence-corrected chi connectivity index (χ1v) is 8.16. The van der Waals surface area contributed by atoms with Crippen molar-refractivity contribution in [3.63, 3.8) is 0 Å². The molecule has 0 atom stereocenters. The smallest absolute Gasteiger partial charge is 0.198 e. The van der Waals surface area contributed by atoms with Gasteiger partial charge in [-0.15, -0.1) is 0 Å². The highest BCUT2D eigenvalue weighted by atomic mass is 32.1. The minimum absolute atomic E-state index is 0.638. The summed E-state index contributed by atoms with van der Waals surface area (Å²) in [7, 11) is 0. The average Bonchev–Trinajstić information content (AvgIpc) is 3.29. The van der Waals surface area contributed by atoms with E-state index in [2.05, 4.69) is 24.8 Å². The summed E-state index contributed by atoms with van der Waals surface area (Å²) in [6.45, 7) is 2.41. The van der Waals surface area contributed by atoms with Gasteiger partial charge < -0.3 is 19.2 Å². The van der Waals surface area contributed by atoms with Crippen molar-refractivity contribution in [1.29, 1.82) is 0 Å². The Balaban J connectivity index is 1.61. The highest BCUT2D eigenvalue weighted by molar-refractivity contribution is 7.80. The molecule has 0 saturated carbocycles. The van der Waals surface area contributed by atoms with Gasteiger partial charge in [-0.05, 0) is 36.3 Å². The number of anilines is 1. The van der Waals surface area contributed by atoms with Crippen LogP contribution in [0, 0.1) is 0 Å². The second kappa shape index (κ2) is 8.26. The van der Waals surface area contributed by atoms with Gasteiger partial charge >= 0.3 is 0 Å². The van der Waals surface area contributed by atoms with Gasteiger partial charge in [-0.1, -0.05) is 6.07 Å². The molecule has 0 bridgehead atoms. The van der Waals surface area contributed by atoms with Crippen molar-refractivity contribution in [1.82, 2.24) is 19.4 Å². The first kappa shape index (κ1) is 16.2. The molecule has 0 aliphatic heterocycles. The summed E-state index contributed by atoms with van der Waals surface area (Å²) in [5.74, 6) is 0.644. The van der Waals surface area contributed by atoms with E-state index in [-0.39, 0.29) is 0 Å². The molecule has 0 aliphatic carbocycles. The van der Waals surface area contributed by atoms with Gasteiger partial charge in [-0.25, -0.2) is 4.98 Å². The number of pyridine rings is 1. The van der Waals surface area contributed by atoms with Crippen LogP contribution >= 0.6 is 12.2 Å². The van der Waals surface area contributed by atoms with Gasteiger partial charge in [0, 0.05) is 50.5 Å². The number of hydrogen-bond donors (Lipinski definition) is 1. The minimum Gasteiger partial charge on any atom is -0.449 e. The highest BCUT2D eigenvalue weighted by Crippen LogP contribution is 2.11. The lowest BCUT2D eigenvalue weighted by Gasteiger charge is -2.25. The Labute approximate surface area is 146 Å². The van der Waals surface area contributed by atoms with Gasteiger partial charge in [-0.3, -0.25) is 4.98 Å². The van der Waals surface area contributed by atoms with Gasteiger partial charge in [0.05, 0.1) is 12.6 Å². The Morgan fingerprint density at radius 2 is 2.21 bits per heavy atom. The molecule has 0 amide bonds. The molecule has 1 N–H and O–H groups in total. The molecule has 3 heterocycles. The van der Waals surface area contributed by atoms with Gasteiger partial charge in [0.15, 0.2) is 11.0 Å². The first-order chi connectivity index (χ1) is 11.8. The van der Waals surface area contributed by atoms with Crippen LogP contribution in [0.15, 0.2) is 66.1 Å². The number of furan rings is 1. The summed E-state index contributed by atoms with van der Waals surface area (Å²) in [6.07, 6.45) is 11.8. The number of aromatic nitrogens is 3. The lowest BCUT2D eigenvalue weighted by molar-refractivity contribution is 0.394. The van der Waals surface area contributed by atoms with Crippen molar-refractivity contribution >= 4 is 23.2 Å². The molecule has 3 rings (SSSR count). The third-order valence-corrected chi connectivity index (χ3v) is 3.90.